The Morgan fingerprint density at radius 2 is 2.22 bits per heavy atom. The second-order valence-electron chi connectivity index (χ2n) is 4.61. The van der Waals surface area contributed by atoms with Crippen LogP contribution >= 0.6 is 23.1 Å². The fourth-order valence-corrected chi connectivity index (χ4v) is 4.08. The van der Waals surface area contributed by atoms with Crippen LogP contribution in [-0.2, 0) is 0 Å². The van der Waals surface area contributed by atoms with E-state index in [0.717, 1.165) is 12.1 Å². The second-order valence-corrected chi connectivity index (χ2v) is 6.71. The summed E-state index contributed by atoms with van der Waals surface area (Å²) in [5, 5.41) is 4.14. The van der Waals surface area contributed by atoms with Crippen molar-refractivity contribution in [2.45, 2.75) is 43.9 Å². The zero-order chi connectivity index (χ0) is 13.1. The average molecular weight is 285 g/mol. The molecule has 6 heteroatoms. The summed E-state index contributed by atoms with van der Waals surface area (Å²) in [4.78, 5) is 16.9. The number of hydrogen-bond donors (Lipinski definition) is 2. The summed E-state index contributed by atoms with van der Waals surface area (Å²) in [6, 6.07) is 0.281. The summed E-state index contributed by atoms with van der Waals surface area (Å²) >= 11 is 3.12. The van der Waals surface area contributed by atoms with Crippen LogP contribution in [-0.4, -0.2) is 28.4 Å². The predicted octanol–water partition coefficient (Wildman–Crippen LogP) is 2.44. The van der Waals surface area contributed by atoms with Crippen LogP contribution in [0, 0.1) is 6.92 Å². The molecule has 1 aromatic rings. The summed E-state index contributed by atoms with van der Waals surface area (Å²) in [5.41, 5.74) is 6.36. The molecule has 0 radical (unpaired) electrons. The molecule has 2 rings (SSSR count). The van der Waals surface area contributed by atoms with E-state index in [2.05, 4.69) is 16.6 Å². The third kappa shape index (κ3) is 2.98. The lowest BCUT2D eigenvalue weighted by molar-refractivity contribution is 0.0932. The predicted molar refractivity (Wildman–Crippen MR) is 78.3 cm³/mol. The first kappa shape index (κ1) is 13.7. The van der Waals surface area contributed by atoms with Crippen molar-refractivity contribution in [1.82, 2.24) is 10.3 Å². The van der Waals surface area contributed by atoms with Gasteiger partial charge < -0.3 is 11.1 Å². The van der Waals surface area contributed by atoms with E-state index in [1.165, 1.54) is 30.6 Å². The van der Waals surface area contributed by atoms with Crippen molar-refractivity contribution in [2.75, 3.05) is 12.0 Å². The van der Waals surface area contributed by atoms with Crippen molar-refractivity contribution < 1.29 is 4.79 Å². The summed E-state index contributed by atoms with van der Waals surface area (Å²) in [7, 11) is 0. The van der Waals surface area contributed by atoms with Crippen molar-refractivity contribution in [3.05, 3.63) is 10.6 Å². The SMILES string of the molecule is CSC1CCCCC1NC(=O)c1sc(N)nc1C. The molecule has 2 unspecified atom stereocenters. The Labute approximate surface area is 116 Å². The minimum atomic E-state index is -0.0207. The van der Waals surface area contributed by atoms with Crippen molar-refractivity contribution in [1.29, 1.82) is 0 Å². The number of aromatic nitrogens is 1. The number of amides is 1. The number of thiazole rings is 1. The zero-order valence-electron chi connectivity index (χ0n) is 10.7. The van der Waals surface area contributed by atoms with E-state index in [1.54, 1.807) is 0 Å². The van der Waals surface area contributed by atoms with Gasteiger partial charge in [-0.25, -0.2) is 4.98 Å². The molecule has 18 heavy (non-hydrogen) atoms. The smallest absolute Gasteiger partial charge is 0.263 e. The van der Waals surface area contributed by atoms with E-state index in [0.29, 0.717) is 15.3 Å². The van der Waals surface area contributed by atoms with Gasteiger partial charge in [0.15, 0.2) is 5.13 Å². The van der Waals surface area contributed by atoms with Crippen molar-refractivity contribution >= 4 is 34.1 Å². The average Bonchev–Trinajstić information content (AvgIpc) is 2.69. The Kier molecular flexibility index (Phi) is 4.50. The molecule has 1 aromatic heterocycles. The topological polar surface area (TPSA) is 68.0 Å². The molecule has 0 aliphatic heterocycles. The highest BCUT2D eigenvalue weighted by Gasteiger charge is 2.27. The Morgan fingerprint density at radius 1 is 1.50 bits per heavy atom. The fourth-order valence-electron chi connectivity index (χ4n) is 2.41. The van der Waals surface area contributed by atoms with Crippen LogP contribution in [0.2, 0.25) is 0 Å². The van der Waals surface area contributed by atoms with Crippen LogP contribution in [0.1, 0.15) is 41.0 Å². The van der Waals surface area contributed by atoms with E-state index >= 15 is 0 Å². The van der Waals surface area contributed by atoms with E-state index in [9.17, 15) is 4.79 Å². The van der Waals surface area contributed by atoms with Gasteiger partial charge in [0, 0.05) is 11.3 Å². The molecule has 0 aromatic carbocycles. The van der Waals surface area contributed by atoms with Gasteiger partial charge in [0.25, 0.3) is 5.91 Å². The molecule has 1 heterocycles. The lowest BCUT2D eigenvalue weighted by Crippen LogP contribution is -2.43. The minimum absolute atomic E-state index is 0.0207. The Morgan fingerprint density at radius 3 is 2.83 bits per heavy atom. The van der Waals surface area contributed by atoms with E-state index < -0.39 is 0 Å². The normalized spacial score (nSPS) is 23.9. The molecule has 1 amide bonds. The second kappa shape index (κ2) is 5.93. The largest absolute Gasteiger partial charge is 0.375 e. The molecule has 1 saturated carbocycles. The van der Waals surface area contributed by atoms with Crippen LogP contribution in [0.3, 0.4) is 0 Å². The first-order chi connectivity index (χ1) is 8.61. The Balaban J connectivity index is 2.04. The molecule has 3 N–H and O–H groups in total. The lowest BCUT2D eigenvalue weighted by Gasteiger charge is -2.30. The van der Waals surface area contributed by atoms with Crippen molar-refractivity contribution in [3.63, 3.8) is 0 Å². The summed E-state index contributed by atoms with van der Waals surface area (Å²) in [6.45, 7) is 1.83. The standard InChI is InChI=1S/C12H19N3OS2/c1-7-10(18-12(13)14-7)11(16)15-8-5-3-4-6-9(8)17-2/h8-9H,3-6H2,1-2H3,(H2,13,14)(H,15,16). The van der Waals surface area contributed by atoms with Crippen LogP contribution in [0.15, 0.2) is 0 Å². The van der Waals surface area contributed by atoms with Gasteiger partial charge in [0.1, 0.15) is 4.88 Å². The molecule has 100 valence electrons. The van der Waals surface area contributed by atoms with E-state index in [1.807, 2.05) is 18.7 Å². The number of nitrogens with zero attached hydrogens (tertiary/aromatic N) is 1. The fraction of sp³-hybridized carbons (Fsp3) is 0.667. The molecular weight excluding hydrogens is 266 g/mol. The van der Waals surface area contributed by atoms with Crippen LogP contribution in [0.5, 0.6) is 0 Å². The molecule has 2 atom stereocenters. The van der Waals surface area contributed by atoms with Gasteiger partial charge in [-0.3, -0.25) is 4.79 Å². The first-order valence-corrected chi connectivity index (χ1v) is 8.29. The van der Waals surface area contributed by atoms with Gasteiger partial charge in [-0.2, -0.15) is 11.8 Å². The van der Waals surface area contributed by atoms with Gasteiger partial charge in [0.2, 0.25) is 0 Å². The van der Waals surface area contributed by atoms with Gasteiger partial charge in [0.05, 0.1) is 5.69 Å². The maximum absolute atomic E-state index is 12.2. The number of carbonyl (C=O) groups excluding carboxylic acids is 1. The van der Waals surface area contributed by atoms with Crippen LogP contribution in [0.4, 0.5) is 5.13 Å². The van der Waals surface area contributed by atoms with Crippen LogP contribution in [0.25, 0.3) is 0 Å². The molecule has 1 aliphatic rings. The van der Waals surface area contributed by atoms with Crippen molar-refractivity contribution in [2.24, 2.45) is 0 Å². The van der Waals surface area contributed by atoms with E-state index in [-0.39, 0.29) is 11.9 Å². The number of aryl methyl sites for hydroxylation is 1. The summed E-state index contributed by atoms with van der Waals surface area (Å²) in [6.07, 6.45) is 6.85. The number of nitrogens with one attached hydrogen (secondary N) is 1. The molecule has 0 spiro atoms. The molecule has 0 bridgehead atoms. The maximum atomic E-state index is 12.2. The lowest BCUT2D eigenvalue weighted by atomic mass is 9.95. The van der Waals surface area contributed by atoms with Crippen LogP contribution < -0.4 is 11.1 Å². The molecular formula is C12H19N3OS2. The van der Waals surface area contributed by atoms with E-state index in [4.69, 9.17) is 5.73 Å². The number of nitrogen functional groups attached to an aromatic ring is 1. The third-order valence-electron chi connectivity index (χ3n) is 3.34. The quantitative estimate of drug-likeness (QED) is 0.895. The molecule has 1 fully saturated rings. The van der Waals surface area contributed by atoms with Gasteiger partial charge in [-0.15, -0.1) is 0 Å². The Hall–Kier alpha value is -0.750. The molecule has 1 aliphatic carbocycles. The number of anilines is 1. The number of carbonyl (C=O) groups is 1. The summed E-state index contributed by atoms with van der Waals surface area (Å²) < 4.78 is 0. The highest BCUT2D eigenvalue weighted by Crippen LogP contribution is 2.28. The van der Waals surface area contributed by atoms with Gasteiger partial charge >= 0.3 is 0 Å². The molecule has 0 saturated heterocycles. The number of thioether (sulfide) groups is 1. The van der Waals surface area contributed by atoms with Gasteiger partial charge in [-0.05, 0) is 26.0 Å². The summed E-state index contributed by atoms with van der Waals surface area (Å²) in [5.74, 6) is -0.0207. The third-order valence-corrected chi connectivity index (χ3v) is 5.50. The number of nitrogens with two attached hydrogens (primary N) is 1. The number of hydrogen-bond acceptors (Lipinski definition) is 5. The maximum Gasteiger partial charge on any atom is 0.263 e. The minimum Gasteiger partial charge on any atom is -0.375 e. The highest BCUT2D eigenvalue weighted by atomic mass is 32.2. The zero-order valence-corrected chi connectivity index (χ0v) is 12.4. The first-order valence-electron chi connectivity index (χ1n) is 6.18. The van der Waals surface area contributed by atoms with Crippen molar-refractivity contribution in [3.8, 4) is 0 Å². The molecule has 4 nitrogen and oxygen atoms in total. The number of rotatable bonds is 3. The monoisotopic (exact) mass is 285 g/mol. The highest BCUT2D eigenvalue weighted by molar-refractivity contribution is 7.99. The van der Waals surface area contributed by atoms with Gasteiger partial charge in [-0.1, -0.05) is 24.2 Å². The Bertz CT molecular complexity index is 433.